The zero-order valence-corrected chi connectivity index (χ0v) is 12.6. The summed E-state index contributed by atoms with van der Waals surface area (Å²) in [6, 6.07) is 5.29. The molecule has 0 fully saturated rings. The number of carbonyl (C=O) groups is 1. The number of carbonyl (C=O) groups excluding carboxylic acids is 1. The van der Waals surface area contributed by atoms with Crippen molar-refractivity contribution in [2.45, 2.75) is 32.4 Å². The molecule has 7 heteroatoms. The summed E-state index contributed by atoms with van der Waals surface area (Å²) in [5, 5.41) is 18.7. The third-order valence-corrected chi connectivity index (χ3v) is 3.31. The molecule has 0 spiro atoms. The molecule has 0 aliphatic heterocycles. The lowest BCUT2D eigenvalue weighted by Gasteiger charge is -2.16. The van der Waals surface area contributed by atoms with Gasteiger partial charge in [0.05, 0.1) is 0 Å². The summed E-state index contributed by atoms with van der Waals surface area (Å²) in [6.07, 6.45) is 6.53. The molecule has 2 heterocycles. The first kappa shape index (κ1) is 16.0. The molecule has 2 aromatic heterocycles. The quantitative estimate of drug-likeness (QED) is 0.717. The number of amides is 2. The highest BCUT2D eigenvalue weighted by molar-refractivity contribution is 5.74. The number of hydrogen-bond acceptors (Lipinski definition) is 4. The highest BCUT2D eigenvalue weighted by Crippen LogP contribution is 2.06. The largest absolute Gasteiger partial charge is 0.396 e. The summed E-state index contributed by atoms with van der Waals surface area (Å²) >= 11 is 0. The van der Waals surface area contributed by atoms with Gasteiger partial charge in [-0.2, -0.15) is 5.10 Å². The maximum absolute atomic E-state index is 11.8. The molecular weight excluding hydrogens is 282 g/mol. The minimum absolute atomic E-state index is 0.0120. The lowest BCUT2D eigenvalue weighted by molar-refractivity contribution is 0.227. The van der Waals surface area contributed by atoms with Gasteiger partial charge >= 0.3 is 6.03 Å². The van der Waals surface area contributed by atoms with Crippen LogP contribution >= 0.6 is 0 Å². The fourth-order valence-corrected chi connectivity index (χ4v) is 2.05. The summed E-state index contributed by atoms with van der Waals surface area (Å²) in [5.74, 6) is 0.705. The number of aliphatic hydroxyl groups excluding tert-OH is 1. The molecule has 2 aromatic rings. The monoisotopic (exact) mass is 303 g/mol. The van der Waals surface area contributed by atoms with Crippen molar-refractivity contribution in [1.82, 2.24) is 25.4 Å². The molecule has 7 nitrogen and oxygen atoms in total. The standard InChI is InChI=1S/C15H21N5O2/c1-2-13(5-9-21)19-15(22)17-11-12-4-7-16-14(10-12)20-8-3-6-18-20/h3-4,6-8,10,13,21H,2,5,9,11H2,1H3,(H2,17,19,22). The van der Waals surface area contributed by atoms with E-state index in [1.54, 1.807) is 17.1 Å². The SMILES string of the molecule is CCC(CCO)NC(=O)NCc1ccnc(-n2cccn2)c1. The molecule has 118 valence electrons. The smallest absolute Gasteiger partial charge is 0.315 e. The molecule has 0 aliphatic carbocycles. The van der Waals surface area contributed by atoms with E-state index in [2.05, 4.69) is 20.7 Å². The lowest BCUT2D eigenvalue weighted by atomic mass is 10.2. The van der Waals surface area contributed by atoms with Gasteiger partial charge in [0.1, 0.15) is 0 Å². The van der Waals surface area contributed by atoms with E-state index in [0.29, 0.717) is 18.8 Å². The van der Waals surface area contributed by atoms with Crippen LogP contribution in [0.15, 0.2) is 36.8 Å². The minimum Gasteiger partial charge on any atom is -0.396 e. The van der Waals surface area contributed by atoms with E-state index in [9.17, 15) is 4.79 Å². The Morgan fingerprint density at radius 2 is 2.32 bits per heavy atom. The first-order valence-corrected chi connectivity index (χ1v) is 7.33. The van der Waals surface area contributed by atoms with Crippen molar-refractivity contribution in [3.63, 3.8) is 0 Å². The molecule has 0 aliphatic rings. The average molecular weight is 303 g/mol. The van der Waals surface area contributed by atoms with Crippen LogP contribution < -0.4 is 10.6 Å². The Morgan fingerprint density at radius 3 is 3.00 bits per heavy atom. The van der Waals surface area contributed by atoms with Gasteiger partial charge in [-0.25, -0.2) is 14.5 Å². The highest BCUT2D eigenvalue weighted by Gasteiger charge is 2.09. The molecule has 22 heavy (non-hydrogen) atoms. The van der Waals surface area contributed by atoms with Gasteiger partial charge in [0.15, 0.2) is 5.82 Å². The normalized spacial score (nSPS) is 11.9. The minimum atomic E-state index is -0.238. The molecule has 0 saturated carbocycles. The molecule has 2 amide bonds. The Bertz CT molecular complexity index is 585. The summed E-state index contributed by atoms with van der Waals surface area (Å²) < 4.78 is 1.66. The Hall–Kier alpha value is -2.41. The van der Waals surface area contributed by atoms with Crippen molar-refractivity contribution in [1.29, 1.82) is 0 Å². The van der Waals surface area contributed by atoms with Crippen LogP contribution in [0.5, 0.6) is 0 Å². The Morgan fingerprint density at radius 1 is 1.45 bits per heavy atom. The zero-order chi connectivity index (χ0) is 15.8. The maximum atomic E-state index is 11.8. The molecule has 3 N–H and O–H groups in total. The maximum Gasteiger partial charge on any atom is 0.315 e. The molecule has 2 rings (SSSR count). The van der Waals surface area contributed by atoms with Crippen molar-refractivity contribution < 1.29 is 9.90 Å². The van der Waals surface area contributed by atoms with Gasteiger partial charge in [-0.05, 0) is 36.6 Å². The Kier molecular flexibility index (Phi) is 5.91. The van der Waals surface area contributed by atoms with E-state index in [1.807, 2.05) is 31.3 Å². The Balaban J connectivity index is 1.89. The summed E-state index contributed by atoms with van der Waals surface area (Å²) in [7, 11) is 0. The van der Waals surface area contributed by atoms with Gasteiger partial charge in [0.25, 0.3) is 0 Å². The van der Waals surface area contributed by atoms with Gasteiger partial charge in [-0.3, -0.25) is 0 Å². The third-order valence-electron chi connectivity index (χ3n) is 3.31. The number of aliphatic hydroxyl groups is 1. The second-order valence-corrected chi connectivity index (χ2v) is 4.92. The van der Waals surface area contributed by atoms with Crippen molar-refractivity contribution in [2.75, 3.05) is 6.61 Å². The second-order valence-electron chi connectivity index (χ2n) is 4.92. The van der Waals surface area contributed by atoms with Crippen molar-refractivity contribution in [3.05, 3.63) is 42.4 Å². The van der Waals surface area contributed by atoms with Gasteiger partial charge in [-0.1, -0.05) is 6.92 Å². The van der Waals surface area contributed by atoms with Crippen LogP contribution in [0.25, 0.3) is 5.82 Å². The number of pyridine rings is 1. The van der Waals surface area contributed by atoms with E-state index in [-0.39, 0.29) is 18.7 Å². The predicted molar refractivity (Wildman–Crippen MR) is 82.5 cm³/mol. The molecule has 0 aromatic carbocycles. The van der Waals surface area contributed by atoms with E-state index in [1.165, 1.54) is 0 Å². The molecular formula is C15H21N5O2. The van der Waals surface area contributed by atoms with Gasteiger partial charge < -0.3 is 15.7 Å². The average Bonchev–Trinajstić information content (AvgIpc) is 3.07. The lowest BCUT2D eigenvalue weighted by Crippen LogP contribution is -2.41. The van der Waals surface area contributed by atoms with Crippen molar-refractivity contribution in [3.8, 4) is 5.82 Å². The molecule has 1 atom stereocenters. The van der Waals surface area contributed by atoms with Crippen molar-refractivity contribution >= 4 is 6.03 Å². The fraction of sp³-hybridized carbons (Fsp3) is 0.400. The number of aromatic nitrogens is 3. The van der Waals surface area contributed by atoms with E-state index >= 15 is 0 Å². The fourth-order valence-electron chi connectivity index (χ4n) is 2.05. The van der Waals surface area contributed by atoms with Gasteiger partial charge in [0, 0.05) is 37.8 Å². The number of hydrogen-bond donors (Lipinski definition) is 3. The number of rotatable bonds is 7. The van der Waals surface area contributed by atoms with E-state index in [0.717, 1.165) is 12.0 Å². The van der Waals surface area contributed by atoms with Crippen LogP contribution in [0.4, 0.5) is 4.79 Å². The summed E-state index contributed by atoms with van der Waals surface area (Å²) in [6.45, 7) is 2.44. The number of nitrogens with zero attached hydrogens (tertiary/aromatic N) is 3. The topological polar surface area (TPSA) is 92.1 Å². The first-order chi connectivity index (χ1) is 10.7. The zero-order valence-electron chi connectivity index (χ0n) is 12.6. The van der Waals surface area contributed by atoms with Crippen LogP contribution in [0, 0.1) is 0 Å². The van der Waals surface area contributed by atoms with Gasteiger partial charge in [-0.15, -0.1) is 0 Å². The number of nitrogens with one attached hydrogen (secondary N) is 2. The number of urea groups is 1. The van der Waals surface area contributed by atoms with Crippen LogP contribution in [-0.2, 0) is 6.54 Å². The summed E-state index contributed by atoms with van der Waals surface area (Å²) in [5.41, 5.74) is 0.936. The highest BCUT2D eigenvalue weighted by atomic mass is 16.3. The first-order valence-electron chi connectivity index (χ1n) is 7.33. The predicted octanol–water partition coefficient (Wildman–Crippen LogP) is 1.23. The van der Waals surface area contributed by atoms with Crippen molar-refractivity contribution in [2.24, 2.45) is 0 Å². The molecule has 0 radical (unpaired) electrons. The van der Waals surface area contributed by atoms with Gasteiger partial charge in [0.2, 0.25) is 0 Å². The summed E-state index contributed by atoms with van der Waals surface area (Å²) in [4.78, 5) is 16.1. The Labute approximate surface area is 129 Å². The molecule has 0 saturated heterocycles. The van der Waals surface area contributed by atoms with Crippen LogP contribution in [-0.4, -0.2) is 38.6 Å². The van der Waals surface area contributed by atoms with Crippen LogP contribution in [0.1, 0.15) is 25.3 Å². The molecule has 0 bridgehead atoms. The van der Waals surface area contributed by atoms with E-state index in [4.69, 9.17) is 5.11 Å². The third kappa shape index (κ3) is 4.56. The molecule has 1 unspecified atom stereocenters. The van der Waals surface area contributed by atoms with E-state index < -0.39 is 0 Å². The second kappa shape index (κ2) is 8.14. The van der Waals surface area contributed by atoms with Crippen LogP contribution in [0.2, 0.25) is 0 Å². The van der Waals surface area contributed by atoms with Crippen LogP contribution in [0.3, 0.4) is 0 Å².